The van der Waals surface area contributed by atoms with Gasteiger partial charge in [0.2, 0.25) is 0 Å². The van der Waals surface area contributed by atoms with E-state index in [2.05, 4.69) is 4.74 Å². The van der Waals surface area contributed by atoms with Crippen molar-refractivity contribution < 1.29 is 27.6 Å². The number of ether oxygens (including phenoxy) is 1. The van der Waals surface area contributed by atoms with Gasteiger partial charge in [-0.05, 0) is 23.2 Å². The van der Waals surface area contributed by atoms with E-state index in [0.717, 1.165) is 0 Å². The van der Waals surface area contributed by atoms with Gasteiger partial charge in [0.15, 0.2) is 0 Å². The summed E-state index contributed by atoms with van der Waals surface area (Å²) >= 11 is 0. The number of hydrogen-bond donors (Lipinski definition) is 1. The Bertz CT molecular complexity index is 427. The second-order valence-electron chi connectivity index (χ2n) is 3.42. The maximum Gasteiger partial charge on any atom is 0.573 e. The zero-order valence-corrected chi connectivity index (χ0v) is 8.57. The van der Waals surface area contributed by atoms with Crippen molar-refractivity contribution in [2.75, 3.05) is 6.61 Å². The molecule has 0 spiro atoms. The SMILES string of the molecule is OB1OCC=C1c1ccc(OC(F)(F)F)cc1. The smallest absolute Gasteiger partial charge is 0.423 e. The van der Waals surface area contributed by atoms with Gasteiger partial charge < -0.3 is 14.4 Å². The number of benzene rings is 1. The van der Waals surface area contributed by atoms with Crippen LogP contribution >= 0.6 is 0 Å². The molecule has 0 fully saturated rings. The molecule has 1 aromatic carbocycles. The lowest BCUT2D eigenvalue weighted by molar-refractivity contribution is -0.274. The summed E-state index contributed by atoms with van der Waals surface area (Å²) in [5, 5.41) is 9.40. The third-order valence-electron chi connectivity index (χ3n) is 2.24. The largest absolute Gasteiger partial charge is 0.573 e. The first-order chi connectivity index (χ1) is 7.96. The number of alkyl halides is 3. The maximum atomic E-state index is 11.9. The van der Waals surface area contributed by atoms with Crippen LogP contribution in [-0.4, -0.2) is 25.1 Å². The second-order valence-corrected chi connectivity index (χ2v) is 3.42. The highest BCUT2D eigenvalue weighted by Gasteiger charge is 2.31. The van der Waals surface area contributed by atoms with Crippen LogP contribution in [-0.2, 0) is 4.65 Å². The van der Waals surface area contributed by atoms with Crippen molar-refractivity contribution in [3.05, 3.63) is 35.9 Å². The van der Waals surface area contributed by atoms with Gasteiger partial charge in [-0.2, -0.15) is 0 Å². The normalized spacial score (nSPS) is 16.0. The van der Waals surface area contributed by atoms with Gasteiger partial charge in [-0.15, -0.1) is 13.2 Å². The highest BCUT2D eigenvalue weighted by Crippen LogP contribution is 2.26. The minimum atomic E-state index is -4.70. The number of hydrogen-bond acceptors (Lipinski definition) is 3. The fourth-order valence-corrected chi connectivity index (χ4v) is 1.53. The van der Waals surface area contributed by atoms with Crippen molar-refractivity contribution in [1.82, 2.24) is 0 Å². The molecular formula is C10H8BF3O3. The maximum absolute atomic E-state index is 11.9. The quantitative estimate of drug-likeness (QED) is 0.808. The topological polar surface area (TPSA) is 38.7 Å². The average Bonchev–Trinajstić information content (AvgIpc) is 2.63. The first kappa shape index (κ1) is 12.0. The molecule has 0 saturated heterocycles. The molecule has 1 aliphatic rings. The Hall–Kier alpha value is -1.47. The Labute approximate surface area is 95.6 Å². The van der Waals surface area contributed by atoms with E-state index >= 15 is 0 Å². The first-order valence-corrected chi connectivity index (χ1v) is 4.81. The highest BCUT2D eigenvalue weighted by molar-refractivity contribution is 6.67. The molecule has 0 unspecified atom stereocenters. The Morgan fingerprint density at radius 3 is 2.35 bits per heavy atom. The molecular weight excluding hydrogens is 236 g/mol. The molecule has 0 radical (unpaired) electrons. The standard InChI is InChI=1S/C10H8BF3O3/c12-10(13,14)17-8-3-1-7(2-4-8)9-5-6-16-11(9)15/h1-5,15H,6H2. The third kappa shape index (κ3) is 3.01. The van der Waals surface area contributed by atoms with E-state index in [0.29, 0.717) is 11.0 Å². The van der Waals surface area contributed by atoms with Crippen molar-refractivity contribution in [2.45, 2.75) is 6.36 Å². The summed E-state index contributed by atoms with van der Waals surface area (Å²) in [6.07, 6.45) is -3.03. The minimum Gasteiger partial charge on any atom is -0.423 e. The van der Waals surface area contributed by atoms with Crippen LogP contribution in [0.4, 0.5) is 13.2 Å². The molecule has 0 bridgehead atoms. The highest BCUT2D eigenvalue weighted by atomic mass is 19.4. The van der Waals surface area contributed by atoms with E-state index < -0.39 is 13.5 Å². The van der Waals surface area contributed by atoms with Crippen molar-refractivity contribution in [2.24, 2.45) is 0 Å². The van der Waals surface area contributed by atoms with E-state index in [1.807, 2.05) is 0 Å². The van der Waals surface area contributed by atoms with E-state index in [-0.39, 0.29) is 12.4 Å². The molecule has 1 aliphatic heterocycles. The van der Waals surface area contributed by atoms with E-state index in [9.17, 15) is 18.2 Å². The summed E-state index contributed by atoms with van der Waals surface area (Å²) in [5.74, 6) is -0.296. The lowest BCUT2D eigenvalue weighted by Gasteiger charge is -2.09. The zero-order valence-electron chi connectivity index (χ0n) is 8.57. The lowest BCUT2D eigenvalue weighted by atomic mass is 9.76. The van der Waals surface area contributed by atoms with Crippen molar-refractivity contribution in [3.63, 3.8) is 0 Å². The minimum absolute atomic E-state index is 0.289. The predicted molar refractivity (Wildman–Crippen MR) is 55.0 cm³/mol. The fourth-order valence-electron chi connectivity index (χ4n) is 1.53. The zero-order chi connectivity index (χ0) is 12.5. The third-order valence-corrected chi connectivity index (χ3v) is 2.24. The molecule has 1 aromatic rings. The van der Waals surface area contributed by atoms with Crippen molar-refractivity contribution >= 4 is 12.6 Å². The van der Waals surface area contributed by atoms with Crippen LogP contribution in [0.25, 0.3) is 5.47 Å². The summed E-state index contributed by atoms with van der Waals surface area (Å²) in [5.41, 5.74) is 1.15. The summed E-state index contributed by atoms with van der Waals surface area (Å²) in [4.78, 5) is 0. The summed E-state index contributed by atoms with van der Waals surface area (Å²) in [6, 6.07) is 5.25. The molecule has 0 saturated carbocycles. The Balaban J connectivity index is 2.13. The molecule has 0 atom stereocenters. The van der Waals surface area contributed by atoms with Crippen molar-refractivity contribution in [3.8, 4) is 5.75 Å². The van der Waals surface area contributed by atoms with E-state index in [1.165, 1.54) is 24.3 Å². The van der Waals surface area contributed by atoms with Gasteiger partial charge in [-0.25, -0.2) is 0 Å². The molecule has 90 valence electrons. The van der Waals surface area contributed by atoms with E-state index in [1.54, 1.807) is 6.08 Å². The van der Waals surface area contributed by atoms with Gasteiger partial charge >= 0.3 is 13.5 Å². The molecule has 3 nitrogen and oxygen atoms in total. The summed E-state index contributed by atoms with van der Waals surface area (Å²) < 4.78 is 44.3. The Morgan fingerprint density at radius 1 is 1.24 bits per heavy atom. The monoisotopic (exact) mass is 244 g/mol. The number of rotatable bonds is 2. The number of halogens is 3. The Morgan fingerprint density at radius 2 is 1.88 bits per heavy atom. The van der Waals surface area contributed by atoms with Crippen LogP contribution in [0.1, 0.15) is 5.56 Å². The molecule has 0 aromatic heterocycles. The van der Waals surface area contributed by atoms with Gasteiger partial charge in [0.25, 0.3) is 0 Å². The summed E-state index contributed by atoms with van der Waals surface area (Å²) in [6.45, 7) is 0.289. The van der Waals surface area contributed by atoms with Gasteiger partial charge in [-0.1, -0.05) is 18.2 Å². The second kappa shape index (κ2) is 4.42. The van der Waals surface area contributed by atoms with Gasteiger partial charge in [0.05, 0.1) is 6.61 Å². The average molecular weight is 244 g/mol. The van der Waals surface area contributed by atoms with Crippen LogP contribution in [0.3, 0.4) is 0 Å². The van der Waals surface area contributed by atoms with Crippen LogP contribution in [0.15, 0.2) is 30.3 Å². The molecule has 7 heteroatoms. The molecule has 1 heterocycles. The summed E-state index contributed by atoms with van der Waals surface area (Å²) in [7, 11) is -1.02. The molecule has 1 N–H and O–H groups in total. The molecule has 2 rings (SSSR count). The van der Waals surface area contributed by atoms with E-state index in [4.69, 9.17) is 4.65 Å². The lowest BCUT2D eigenvalue weighted by Crippen LogP contribution is -2.17. The Kier molecular flexibility index (Phi) is 3.12. The van der Waals surface area contributed by atoms with Gasteiger partial charge in [0.1, 0.15) is 5.75 Å². The fraction of sp³-hybridized carbons (Fsp3) is 0.200. The first-order valence-electron chi connectivity index (χ1n) is 4.81. The van der Waals surface area contributed by atoms with Crippen LogP contribution in [0.5, 0.6) is 5.75 Å². The van der Waals surface area contributed by atoms with Crippen LogP contribution < -0.4 is 4.74 Å². The van der Waals surface area contributed by atoms with Crippen molar-refractivity contribution in [1.29, 1.82) is 0 Å². The molecule has 0 amide bonds. The van der Waals surface area contributed by atoms with Gasteiger partial charge in [-0.3, -0.25) is 0 Å². The van der Waals surface area contributed by atoms with Crippen LogP contribution in [0.2, 0.25) is 0 Å². The predicted octanol–water partition coefficient (Wildman–Crippen LogP) is 2.02. The molecule has 17 heavy (non-hydrogen) atoms. The molecule has 0 aliphatic carbocycles. The van der Waals surface area contributed by atoms with Crippen LogP contribution in [0, 0.1) is 0 Å². The van der Waals surface area contributed by atoms with Gasteiger partial charge in [0, 0.05) is 0 Å².